The molecule has 1 saturated heterocycles. The molecule has 290 valence electrons. The van der Waals surface area contributed by atoms with Gasteiger partial charge in [0.15, 0.2) is 6.29 Å². The van der Waals surface area contributed by atoms with Gasteiger partial charge in [-0.15, -0.1) is 0 Å². The Bertz CT molecular complexity index is 781. The third kappa shape index (κ3) is 22.5. The number of unbranched alkanes of at least 4 members (excludes halogenated alkanes) is 23. The maximum absolute atomic E-state index is 12.9. The smallest absolute Gasteiger partial charge is 0.220 e. The second-order valence-electron chi connectivity index (χ2n) is 14.4. The van der Waals surface area contributed by atoms with Crippen molar-refractivity contribution >= 4 is 5.91 Å². The maximum Gasteiger partial charge on any atom is 0.220 e. The molecule has 0 aliphatic carbocycles. The molecular weight excluding hydrogens is 622 g/mol. The van der Waals surface area contributed by atoms with Gasteiger partial charge in [-0.3, -0.25) is 4.79 Å². The highest BCUT2D eigenvalue weighted by Crippen LogP contribution is 2.24. The molecule has 0 radical (unpaired) electrons. The lowest BCUT2D eigenvalue weighted by atomic mass is 9.99. The molecule has 0 saturated carbocycles. The highest BCUT2D eigenvalue weighted by Gasteiger charge is 2.45. The Morgan fingerprint density at radius 1 is 0.653 bits per heavy atom. The molecule has 9 heteroatoms. The number of hydrogen-bond donors (Lipinski definition) is 6. The molecule has 0 bridgehead atoms. The molecule has 0 spiro atoms. The van der Waals surface area contributed by atoms with Crippen LogP contribution in [0.3, 0.4) is 0 Å². The molecule has 1 heterocycles. The van der Waals surface area contributed by atoms with Crippen LogP contribution in [0.1, 0.15) is 181 Å². The van der Waals surface area contributed by atoms with Crippen LogP contribution in [0.15, 0.2) is 12.2 Å². The van der Waals surface area contributed by atoms with E-state index in [4.69, 9.17) is 9.47 Å². The van der Waals surface area contributed by atoms with Crippen molar-refractivity contribution < 1.29 is 39.8 Å². The molecule has 49 heavy (non-hydrogen) atoms. The highest BCUT2D eigenvalue weighted by atomic mass is 16.7. The average Bonchev–Trinajstić information content (AvgIpc) is 3.10. The summed E-state index contributed by atoms with van der Waals surface area (Å²) in [6.45, 7) is 3.53. The predicted molar refractivity (Wildman–Crippen MR) is 198 cm³/mol. The van der Waals surface area contributed by atoms with Gasteiger partial charge in [-0.1, -0.05) is 167 Å². The van der Waals surface area contributed by atoms with E-state index in [1.807, 2.05) is 6.08 Å². The minimum Gasteiger partial charge on any atom is -0.394 e. The van der Waals surface area contributed by atoms with Gasteiger partial charge in [0.25, 0.3) is 0 Å². The van der Waals surface area contributed by atoms with E-state index in [1.54, 1.807) is 6.08 Å². The summed E-state index contributed by atoms with van der Waals surface area (Å²) in [7, 11) is 0. The van der Waals surface area contributed by atoms with Crippen molar-refractivity contribution in [2.75, 3.05) is 13.2 Å². The molecule has 1 amide bonds. The summed E-state index contributed by atoms with van der Waals surface area (Å²) in [4.78, 5) is 12.9. The third-order valence-corrected chi connectivity index (χ3v) is 9.89. The standard InChI is InChI=1S/C40H77NO8/c1-3-5-7-9-11-13-15-17-19-21-23-25-27-29-34(48-40-39(47)38(46)37(45)35(32-43)49-40)33(31-42)41-36(44)30-28-26-24-22-20-18-16-14-12-10-8-6-4-2/h27,29,33-35,37-40,42-43,45-47H,3-26,28,30-32H2,1-2H3,(H,41,44)/b29-27+/t33?,34-,35-,37+,38+,39-,40-/m1/s1. The van der Waals surface area contributed by atoms with E-state index < -0.39 is 56.1 Å². The first-order valence-electron chi connectivity index (χ1n) is 20.4. The maximum atomic E-state index is 12.9. The predicted octanol–water partition coefficient (Wildman–Crippen LogP) is 7.39. The summed E-state index contributed by atoms with van der Waals surface area (Å²) in [5.41, 5.74) is 0. The normalized spacial score (nSPS) is 22.5. The van der Waals surface area contributed by atoms with Crippen molar-refractivity contribution in [2.45, 2.75) is 224 Å². The van der Waals surface area contributed by atoms with Crippen LogP contribution in [0.2, 0.25) is 0 Å². The molecule has 0 aromatic carbocycles. The van der Waals surface area contributed by atoms with Gasteiger partial charge >= 0.3 is 0 Å². The minimum absolute atomic E-state index is 0.178. The Hall–Kier alpha value is -1.07. The molecule has 6 N–H and O–H groups in total. The van der Waals surface area contributed by atoms with Crippen LogP contribution in [0, 0.1) is 0 Å². The quantitative estimate of drug-likeness (QED) is 0.0307. The van der Waals surface area contributed by atoms with Crippen LogP contribution in [0.5, 0.6) is 0 Å². The Balaban J connectivity index is 2.50. The number of allylic oxidation sites excluding steroid dienone is 1. The fourth-order valence-corrected chi connectivity index (χ4v) is 6.58. The molecule has 0 aromatic rings. The topological polar surface area (TPSA) is 149 Å². The van der Waals surface area contributed by atoms with Gasteiger partial charge in [0, 0.05) is 6.42 Å². The number of aliphatic hydroxyl groups excluding tert-OH is 5. The molecule has 9 nitrogen and oxygen atoms in total. The Labute approximate surface area is 299 Å². The molecule has 1 rings (SSSR count). The molecule has 7 atom stereocenters. The van der Waals surface area contributed by atoms with Crippen molar-refractivity contribution in [1.82, 2.24) is 5.32 Å². The SMILES string of the molecule is CCCCCCCCCCCCC/C=C/[C@@H](O[C@@H]1O[C@H](CO)[C@H](O)[C@H](O)[C@H]1O)C(CO)NC(=O)CCCCCCCCCCCCCCC. The zero-order chi connectivity index (χ0) is 36.0. The van der Waals surface area contributed by atoms with E-state index in [0.717, 1.165) is 38.5 Å². The number of hydrogen-bond acceptors (Lipinski definition) is 8. The highest BCUT2D eigenvalue weighted by molar-refractivity contribution is 5.76. The van der Waals surface area contributed by atoms with E-state index in [1.165, 1.54) is 122 Å². The summed E-state index contributed by atoms with van der Waals surface area (Å²) in [6.07, 6.45) is 26.7. The van der Waals surface area contributed by atoms with Crippen LogP contribution in [0.4, 0.5) is 0 Å². The molecular formula is C40H77NO8. The minimum atomic E-state index is -1.57. The first kappa shape index (κ1) is 46.0. The second kappa shape index (κ2) is 31.6. The summed E-state index contributed by atoms with van der Waals surface area (Å²) in [5, 5.41) is 53.8. The monoisotopic (exact) mass is 700 g/mol. The van der Waals surface area contributed by atoms with Crippen LogP contribution < -0.4 is 5.32 Å². The fourth-order valence-electron chi connectivity index (χ4n) is 6.58. The lowest BCUT2D eigenvalue weighted by molar-refractivity contribution is -0.309. The van der Waals surface area contributed by atoms with Crippen molar-refractivity contribution in [1.29, 1.82) is 0 Å². The molecule has 0 aromatic heterocycles. The van der Waals surface area contributed by atoms with E-state index in [-0.39, 0.29) is 5.91 Å². The number of ether oxygens (including phenoxy) is 2. The number of amides is 1. The lowest BCUT2D eigenvalue weighted by Crippen LogP contribution is -2.60. The van der Waals surface area contributed by atoms with E-state index in [0.29, 0.717) is 6.42 Å². The summed E-state index contributed by atoms with van der Waals surface area (Å²) < 4.78 is 11.6. The molecule has 1 fully saturated rings. The van der Waals surface area contributed by atoms with E-state index in [9.17, 15) is 30.3 Å². The fraction of sp³-hybridized carbons (Fsp3) is 0.925. The van der Waals surface area contributed by atoms with Gasteiger partial charge in [-0.25, -0.2) is 0 Å². The summed E-state index contributed by atoms with van der Waals surface area (Å²) >= 11 is 0. The van der Waals surface area contributed by atoms with Gasteiger partial charge in [-0.2, -0.15) is 0 Å². The first-order chi connectivity index (χ1) is 23.9. The van der Waals surface area contributed by atoms with Gasteiger partial charge in [0.1, 0.15) is 30.5 Å². The van der Waals surface area contributed by atoms with Crippen molar-refractivity contribution in [3.05, 3.63) is 12.2 Å². The van der Waals surface area contributed by atoms with Crippen LogP contribution in [-0.2, 0) is 14.3 Å². The zero-order valence-corrected chi connectivity index (χ0v) is 31.5. The first-order valence-corrected chi connectivity index (χ1v) is 20.4. The van der Waals surface area contributed by atoms with Gasteiger partial charge in [0.2, 0.25) is 5.91 Å². The van der Waals surface area contributed by atoms with Gasteiger partial charge in [0.05, 0.1) is 19.3 Å². The Morgan fingerprint density at radius 2 is 1.10 bits per heavy atom. The van der Waals surface area contributed by atoms with Crippen molar-refractivity contribution in [3.63, 3.8) is 0 Å². The lowest BCUT2D eigenvalue weighted by Gasteiger charge is -2.41. The average molecular weight is 700 g/mol. The molecule has 1 aliphatic heterocycles. The number of nitrogens with one attached hydrogen (secondary N) is 1. The van der Waals surface area contributed by atoms with Crippen molar-refractivity contribution in [2.24, 2.45) is 0 Å². The Kier molecular flexibility index (Phi) is 29.7. The summed E-state index contributed by atoms with van der Waals surface area (Å²) in [6, 6.07) is -0.796. The number of carbonyl (C=O) groups excluding carboxylic acids is 1. The van der Waals surface area contributed by atoms with Crippen LogP contribution in [0.25, 0.3) is 0 Å². The third-order valence-electron chi connectivity index (χ3n) is 9.89. The zero-order valence-electron chi connectivity index (χ0n) is 31.5. The van der Waals surface area contributed by atoms with Crippen LogP contribution in [-0.4, -0.2) is 87.5 Å². The van der Waals surface area contributed by atoms with E-state index in [2.05, 4.69) is 19.2 Å². The number of rotatable bonds is 33. The second-order valence-corrected chi connectivity index (χ2v) is 14.4. The van der Waals surface area contributed by atoms with Crippen LogP contribution >= 0.6 is 0 Å². The molecule has 1 aliphatic rings. The van der Waals surface area contributed by atoms with Gasteiger partial charge in [-0.05, 0) is 19.3 Å². The van der Waals surface area contributed by atoms with Gasteiger partial charge < -0.3 is 40.3 Å². The largest absolute Gasteiger partial charge is 0.394 e. The number of carbonyl (C=O) groups is 1. The summed E-state index contributed by atoms with van der Waals surface area (Å²) in [5.74, 6) is -0.178. The Morgan fingerprint density at radius 3 is 1.55 bits per heavy atom. The molecule has 1 unspecified atom stereocenters. The van der Waals surface area contributed by atoms with Crippen molar-refractivity contribution in [3.8, 4) is 0 Å². The van der Waals surface area contributed by atoms with E-state index >= 15 is 0 Å². The number of aliphatic hydroxyl groups is 5.